The van der Waals surface area contributed by atoms with Crippen LogP contribution in [0.1, 0.15) is 39.2 Å². The van der Waals surface area contributed by atoms with Crippen molar-refractivity contribution in [1.29, 1.82) is 0 Å². The van der Waals surface area contributed by atoms with Crippen LogP contribution in [0.3, 0.4) is 0 Å². The molecule has 2 unspecified atom stereocenters. The van der Waals surface area contributed by atoms with E-state index in [1.807, 2.05) is 30.3 Å². The van der Waals surface area contributed by atoms with Crippen molar-refractivity contribution in [3.05, 3.63) is 66.0 Å². The summed E-state index contributed by atoms with van der Waals surface area (Å²) in [6, 6.07) is 13.1. The van der Waals surface area contributed by atoms with Gasteiger partial charge in [0.25, 0.3) is 0 Å². The Morgan fingerprint density at radius 3 is 2.29 bits per heavy atom. The van der Waals surface area contributed by atoms with Crippen LogP contribution in [0.5, 0.6) is 0 Å². The van der Waals surface area contributed by atoms with Gasteiger partial charge in [0, 0.05) is 43.3 Å². The first-order chi connectivity index (χ1) is 19.5. The molecule has 2 aromatic rings. The van der Waals surface area contributed by atoms with Gasteiger partial charge in [-0.25, -0.2) is 4.39 Å². The van der Waals surface area contributed by atoms with Gasteiger partial charge in [0.05, 0.1) is 0 Å². The van der Waals surface area contributed by atoms with Gasteiger partial charge in [-0.2, -0.15) is 0 Å². The number of carbonyl (C=O) groups is 4. The van der Waals surface area contributed by atoms with Crippen LogP contribution in [-0.4, -0.2) is 71.2 Å². The standard InChI is InChI=1S/C31H40FN5O4/c1-19-15-23(19)18-36-13-14-37(31(41)30(36)40)21(3)29(39)35-27(17-22-7-5-4-6-8-22)26(33)16-20(2)28(38)34-25-11-9-24(32)10-12-25/h4-12,19-21,23,26-27H,13-18,33H2,1-3H3,(H,34,38)(H,35,39)/t19?,20-,21+,23?,26+,27+/m1/s1. The quantitative estimate of drug-likeness (QED) is 0.341. The van der Waals surface area contributed by atoms with Gasteiger partial charge in [-0.1, -0.05) is 44.2 Å². The third-order valence-electron chi connectivity index (χ3n) is 8.25. The smallest absolute Gasteiger partial charge is 0.312 e. The Morgan fingerprint density at radius 1 is 1.00 bits per heavy atom. The lowest BCUT2D eigenvalue weighted by molar-refractivity contribution is -0.159. The molecule has 1 aliphatic carbocycles. The second-order valence-corrected chi connectivity index (χ2v) is 11.5. The fraction of sp³-hybridized carbons (Fsp3) is 0.484. The summed E-state index contributed by atoms with van der Waals surface area (Å²) in [5, 5.41) is 5.77. The lowest BCUT2D eigenvalue weighted by Crippen LogP contribution is -2.61. The van der Waals surface area contributed by atoms with Crippen LogP contribution in [0.2, 0.25) is 0 Å². The molecule has 0 bridgehead atoms. The first-order valence-electron chi connectivity index (χ1n) is 14.3. The van der Waals surface area contributed by atoms with Crippen molar-refractivity contribution in [3.63, 3.8) is 0 Å². The van der Waals surface area contributed by atoms with E-state index in [0.29, 0.717) is 37.0 Å². The lowest BCUT2D eigenvalue weighted by Gasteiger charge is -2.37. The molecule has 1 saturated heterocycles. The molecule has 0 aromatic heterocycles. The van der Waals surface area contributed by atoms with Crippen molar-refractivity contribution in [2.75, 3.05) is 25.0 Å². The molecule has 220 valence electrons. The molecule has 6 atom stereocenters. The Balaban J connectivity index is 1.39. The van der Waals surface area contributed by atoms with Crippen LogP contribution in [0.25, 0.3) is 0 Å². The van der Waals surface area contributed by atoms with E-state index in [1.165, 1.54) is 29.2 Å². The number of anilines is 1. The average Bonchev–Trinajstić information content (AvgIpc) is 3.66. The highest BCUT2D eigenvalue weighted by Crippen LogP contribution is 2.38. The van der Waals surface area contributed by atoms with Gasteiger partial charge in [0.2, 0.25) is 11.8 Å². The number of benzene rings is 2. The Labute approximate surface area is 240 Å². The van der Waals surface area contributed by atoms with Gasteiger partial charge in [0.1, 0.15) is 11.9 Å². The number of piperazine rings is 1. The highest BCUT2D eigenvalue weighted by Gasteiger charge is 2.41. The fourth-order valence-electron chi connectivity index (χ4n) is 5.27. The molecular formula is C31H40FN5O4. The van der Waals surface area contributed by atoms with Gasteiger partial charge in [-0.3, -0.25) is 19.2 Å². The predicted octanol–water partition coefficient (Wildman–Crippen LogP) is 2.56. The Morgan fingerprint density at radius 2 is 1.66 bits per heavy atom. The summed E-state index contributed by atoms with van der Waals surface area (Å²) in [6.45, 7) is 6.77. The second-order valence-electron chi connectivity index (χ2n) is 11.5. The number of halogens is 1. The molecule has 1 heterocycles. The number of hydrogen-bond acceptors (Lipinski definition) is 5. The summed E-state index contributed by atoms with van der Waals surface area (Å²) >= 11 is 0. The zero-order valence-corrected chi connectivity index (χ0v) is 23.9. The van der Waals surface area contributed by atoms with Crippen LogP contribution in [0.15, 0.2) is 54.6 Å². The van der Waals surface area contributed by atoms with Crippen LogP contribution in [0.4, 0.5) is 10.1 Å². The normalized spacial score (nSPS) is 21.6. The molecule has 0 spiro atoms. The summed E-state index contributed by atoms with van der Waals surface area (Å²) in [5.74, 6) is -1.78. The molecule has 2 aliphatic rings. The summed E-state index contributed by atoms with van der Waals surface area (Å²) < 4.78 is 13.2. The Bertz CT molecular complexity index is 1240. The van der Waals surface area contributed by atoms with E-state index in [0.717, 1.165) is 12.0 Å². The molecule has 4 N–H and O–H groups in total. The molecule has 4 rings (SSSR count). The van der Waals surface area contributed by atoms with Gasteiger partial charge in [-0.15, -0.1) is 0 Å². The highest BCUT2D eigenvalue weighted by molar-refractivity contribution is 6.35. The van der Waals surface area contributed by atoms with E-state index in [-0.39, 0.29) is 18.9 Å². The molecule has 2 fully saturated rings. The number of amides is 4. The van der Waals surface area contributed by atoms with E-state index >= 15 is 0 Å². The maximum Gasteiger partial charge on any atom is 0.312 e. The zero-order chi connectivity index (χ0) is 29.7. The van der Waals surface area contributed by atoms with Crippen LogP contribution >= 0.6 is 0 Å². The Kier molecular flexibility index (Phi) is 9.75. The molecule has 1 aliphatic heterocycles. The number of nitrogens with one attached hydrogen (secondary N) is 2. The predicted molar refractivity (Wildman–Crippen MR) is 154 cm³/mol. The highest BCUT2D eigenvalue weighted by atomic mass is 19.1. The second kappa shape index (κ2) is 13.2. The van der Waals surface area contributed by atoms with Crippen molar-refractivity contribution in [3.8, 4) is 0 Å². The first kappa shape index (κ1) is 30.2. The SMILES string of the molecule is CC1CC1CN1CCN([C@@H](C)C(=O)N[C@@H](Cc2ccccc2)[C@@H](N)C[C@@H](C)C(=O)Nc2ccc(F)cc2)C(=O)C1=O. The van der Waals surface area contributed by atoms with Crippen LogP contribution < -0.4 is 16.4 Å². The van der Waals surface area contributed by atoms with Crippen molar-refractivity contribution in [2.45, 2.75) is 58.2 Å². The molecule has 1 saturated carbocycles. The molecular weight excluding hydrogens is 525 g/mol. The van der Waals surface area contributed by atoms with E-state index in [1.54, 1.807) is 18.7 Å². The third-order valence-corrected chi connectivity index (χ3v) is 8.25. The Hall–Kier alpha value is -3.79. The maximum atomic E-state index is 13.4. The van der Waals surface area contributed by atoms with Crippen molar-refractivity contribution in [1.82, 2.24) is 15.1 Å². The summed E-state index contributed by atoms with van der Waals surface area (Å²) in [5.41, 5.74) is 8.02. The molecule has 4 amide bonds. The first-order valence-corrected chi connectivity index (χ1v) is 14.3. The van der Waals surface area contributed by atoms with Crippen molar-refractivity contribution < 1.29 is 23.6 Å². The number of nitrogens with zero attached hydrogens (tertiary/aromatic N) is 2. The van der Waals surface area contributed by atoms with Gasteiger partial charge >= 0.3 is 11.8 Å². The summed E-state index contributed by atoms with van der Waals surface area (Å²) in [6.07, 6.45) is 1.76. The maximum absolute atomic E-state index is 13.4. The molecule has 41 heavy (non-hydrogen) atoms. The average molecular weight is 566 g/mol. The van der Waals surface area contributed by atoms with Gasteiger partial charge in [0.15, 0.2) is 0 Å². The number of rotatable bonds is 12. The minimum absolute atomic E-state index is 0.271. The minimum atomic E-state index is -0.863. The number of carbonyl (C=O) groups excluding carboxylic acids is 4. The molecule has 2 aromatic carbocycles. The number of nitrogens with two attached hydrogens (primary N) is 1. The number of hydrogen-bond donors (Lipinski definition) is 3. The minimum Gasteiger partial charge on any atom is -0.350 e. The zero-order valence-electron chi connectivity index (χ0n) is 23.9. The van der Waals surface area contributed by atoms with Gasteiger partial charge < -0.3 is 26.2 Å². The van der Waals surface area contributed by atoms with E-state index in [2.05, 4.69) is 17.6 Å². The van der Waals surface area contributed by atoms with Crippen LogP contribution in [0, 0.1) is 23.6 Å². The monoisotopic (exact) mass is 565 g/mol. The molecule has 10 heteroatoms. The van der Waals surface area contributed by atoms with Crippen molar-refractivity contribution in [2.24, 2.45) is 23.5 Å². The van der Waals surface area contributed by atoms with E-state index < -0.39 is 47.6 Å². The van der Waals surface area contributed by atoms with E-state index in [4.69, 9.17) is 5.73 Å². The van der Waals surface area contributed by atoms with Gasteiger partial charge in [-0.05, 0) is 67.9 Å². The lowest BCUT2D eigenvalue weighted by atomic mass is 9.92. The topological polar surface area (TPSA) is 125 Å². The van der Waals surface area contributed by atoms with Crippen molar-refractivity contribution >= 4 is 29.3 Å². The largest absolute Gasteiger partial charge is 0.350 e. The molecule has 0 radical (unpaired) electrons. The molecule has 9 nitrogen and oxygen atoms in total. The summed E-state index contributed by atoms with van der Waals surface area (Å²) in [7, 11) is 0. The third kappa shape index (κ3) is 7.91. The van der Waals surface area contributed by atoms with E-state index in [9.17, 15) is 23.6 Å². The fourth-order valence-corrected chi connectivity index (χ4v) is 5.27. The summed E-state index contributed by atoms with van der Waals surface area (Å²) in [4.78, 5) is 54.8. The van der Waals surface area contributed by atoms with Crippen LogP contribution in [-0.2, 0) is 25.6 Å².